The van der Waals surface area contributed by atoms with Crippen molar-refractivity contribution in [3.8, 4) is 0 Å². The minimum atomic E-state index is 0.234. The van der Waals surface area contributed by atoms with Crippen molar-refractivity contribution in [3.63, 3.8) is 0 Å². The van der Waals surface area contributed by atoms with Crippen molar-refractivity contribution in [3.05, 3.63) is 35.9 Å². The second-order valence-electron chi connectivity index (χ2n) is 3.19. The molecule has 0 saturated carbocycles. The van der Waals surface area contributed by atoms with E-state index >= 15 is 0 Å². The van der Waals surface area contributed by atoms with Gasteiger partial charge in [0.15, 0.2) is 0 Å². The minimum absolute atomic E-state index is 0.234. The molecule has 0 radical (unpaired) electrons. The lowest BCUT2D eigenvalue weighted by Gasteiger charge is -2.06. The van der Waals surface area contributed by atoms with E-state index in [2.05, 4.69) is 28.1 Å². The number of rotatable bonds is 4. The normalized spacial score (nSPS) is 12.5. The Morgan fingerprint density at radius 2 is 2.00 bits per heavy atom. The first-order valence-electron chi connectivity index (χ1n) is 4.36. The molecule has 0 N–H and O–H groups in total. The Kier molecular flexibility index (Phi) is 4.16. The Morgan fingerprint density at radius 3 is 2.54 bits per heavy atom. The fraction of sp³-hybridized carbons (Fsp3) is 0.364. The van der Waals surface area contributed by atoms with Gasteiger partial charge in [0.1, 0.15) is 5.78 Å². The Bertz CT molecular complexity index is 269. The second kappa shape index (κ2) is 5.18. The predicted molar refractivity (Wildman–Crippen MR) is 58.2 cm³/mol. The lowest BCUT2D eigenvalue weighted by molar-refractivity contribution is -0.116. The minimum Gasteiger partial charge on any atom is -0.300 e. The first kappa shape index (κ1) is 10.5. The Labute approximate surface area is 87.3 Å². The van der Waals surface area contributed by atoms with Gasteiger partial charge in [-0.1, -0.05) is 46.3 Å². The molecule has 1 atom stereocenters. The monoisotopic (exact) mass is 240 g/mol. The van der Waals surface area contributed by atoms with Crippen molar-refractivity contribution in [2.24, 2.45) is 0 Å². The summed E-state index contributed by atoms with van der Waals surface area (Å²) in [5.74, 6) is 0.234. The van der Waals surface area contributed by atoms with E-state index in [0.717, 1.165) is 6.42 Å². The smallest absolute Gasteiger partial charge is 0.130 e. The van der Waals surface area contributed by atoms with Crippen LogP contribution in [0, 0.1) is 0 Å². The molecule has 0 aliphatic heterocycles. The molecule has 1 aromatic rings. The molecule has 1 unspecified atom stereocenters. The number of ketones is 1. The molecule has 1 aromatic carbocycles. The third kappa shape index (κ3) is 4.23. The molecule has 70 valence electrons. The topological polar surface area (TPSA) is 17.1 Å². The summed E-state index contributed by atoms with van der Waals surface area (Å²) in [5.41, 5.74) is 1.27. The third-order valence-electron chi connectivity index (χ3n) is 1.81. The quantitative estimate of drug-likeness (QED) is 0.740. The molecule has 2 heteroatoms. The van der Waals surface area contributed by atoms with Crippen molar-refractivity contribution in [1.29, 1.82) is 0 Å². The maximum Gasteiger partial charge on any atom is 0.130 e. The highest BCUT2D eigenvalue weighted by Crippen LogP contribution is 2.13. The summed E-state index contributed by atoms with van der Waals surface area (Å²) < 4.78 is 0. The zero-order valence-corrected chi connectivity index (χ0v) is 9.25. The SMILES string of the molecule is CC(=O)CC(Br)Cc1ccccc1. The average molecular weight is 241 g/mol. The van der Waals surface area contributed by atoms with Crippen molar-refractivity contribution >= 4 is 21.7 Å². The van der Waals surface area contributed by atoms with Gasteiger partial charge in [0.05, 0.1) is 0 Å². The van der Waals surface area contributed by atoms with E-state index in [4.69, 9.17) is 0 Å². The van der Waals surface area contributed by atoms with E-state index in [0.29, 0.717) is 6.42 Å². The van der Waals surface area contributed by atoms with Gasteiger partial charge in [0.2, 0.25) is 0 Å². The molecule has 1 nitrogen and oxygen atoms in total. The molecule has 13 heavy (non-hydrogen) atoms. The summed E-state index contributed by atoms with van der Waals surface area (Å²) in [6, 6.07) is 10.2. The summed E-state index contributed by atoms with van der Waals surface area (Å²) >= 11 is 3.49. The summed E-state index contributed by atoms with van der Waals surface area (Å²) in [4.78, 5) is 11.1. The Hall–Kier alpha value is -0.630. The number of alkyl halides is 1. The number of hydrogen-bond donors (Lipinski definition) is 0. The van der Waals surface area contributed by atoms with Crippen LogP contribution in [0.15, 0.2) is 30.3 Å². The third-order valence-corrected chi connectivity index (χ3v) is 2.46. The summed E-state index contributed by atoms with van der Waals surface area (Å²) in [6.45, 7) is 1.62. The van der Waals surface area contributed by atoms with E-state index in [1.165, 1.54) is 5.56 Å². The van der Waals surface area contributed by atoms with Gasteiger partial charge in [0.25, 0.3) is 0 Å². The molecule has 0 saturated heterocycles. The maximum atomic E-state index is 10.8. The molecule has 0 aromatic heterocycles. The lowest BCUT2D eigenvalue weighted by Crippen LogP contribution is -2.07. The van der Waals surface area contributed by atoms with Gasteiger partial charge >= 0.3 is 0 Å². The van der Waals surface area contributed by atoms with Crippen molar-refractivity contribution in [2.75, 3.05) is 0 Å². The van der Waals surface area contributed by atoms with Gasteiger partial charge in [0, 0.05) is 11.2 Å². The fourth-order valence-electron chi connectivity index (χ4n) is 1.25. The highest BCUT2D eigenvalue weighted by molar-refractivity contribution is 9.09. The van der Waals surface area contributed by atoms with Gasteiger partial charge < -0.3 is 0 Å². The number of halogens is 1. The average Bonchev–Trinajstić information content (AvgIpc) is 2.04. The molecule has 1 rings (SSSR count). The zero-order chi connectivity index (χ0) is 9.68. The number of carbonyl (C=O) groups excluding carboxylic acids is 1. The highest BCUT2D eigenvalue weighted by Gasteiger charge is 2.07. The first-order valence-corrected chi connectivity index (χ1v) is 5.27. The molecule has 0 amide bonds. The van der Waals surface area contributed by atoms with Crippen molar-refractivity contribution in [2.45, 2.75) is 24.6 Å². The van der Waals surface area contributed by atoms with Crippen LogP contribution in [0.1, 0.15) is 18.9 Å². The number of Topliss-reactive ketones (excluding diaryl/α,β-unsaturated/α-hetero) is 1. The van der Waals surface area contributed by atoms with E-state index in [1.807, 2.05) is 18.2 Å². The Morgan fingerprint density at radius 1 is 1.38 bits per heavy atom. The van der Waals surface area contributed by atoms with Crippen LogP contribution in [0.5, 0.6) is 0 Å². The van der Waals surface area contributed by atoms with Crippen LogP contribution in [0.2, 0.25) is 0 Å². The zero-order valence-electron chi connectivity index (χ0n) is 7.66. The number of hydrogen-bond acceptors (Lipinski definition) is 1. The molecule has 0 bridgehead atoms. The van der Waals surface area contributed by atoms with E-state index in [9.17, 15) is 4.79 Å². The molecule has 0 heterocycles. The summed E-state index contributed by atoms with van der Waals surface area (Å²) in [7, 11) is 0. The standard InChI is InChI=1S/C11H13BrO/c1-9(13)7-11(12)8-10-5-3-2-4-6-10/h2-6,11H,7-8H2,1H3. The maximum absolute atomic E-state index is 10.8. The number of carbonyl (C=O) groups is 1. The lowest BCUT2D eigenvalue weighted by atomic mass is 10.1. The van der Waals surface area contributed by atoms with Crippen LogP contribution < -0.4 is 0 Å². The van der Waals surface area contributed by atoms with Crippen LogP contribution in [-0.2, 0) is 11.2 Å². The van der Waals surface area contributed by atoms with Crippen molar-refractivity contribution < 1.29 is 4.79 Å². The van der Waals surface area contributed by atoms with Crippen LogP contribution in [0.3, 0.4) is 0 Å². The molecule has 0 fully saturated rings. The predicted octanol–water partition coefficient (Wildman–Crippen LogP) is 2.97. The van der Waals surface area contributed by atoms with Gasteiger partial charge in [-0.05, 0) is 18.9 Å². The second-order valence-corrected chi connectivity index (χ2v) is 4.49. The highest BCUT2D eigenvalue weighted by atomic mass is 79.9. The van der Waals surface area contributed by atoms with Crippen molar-refractivity contribution in [1.82, 2.24) is 0 Å². The van der Waals surface area contributed by atoms with Gasteiger partial charge in [-0.3, -0.25) is 4.79 Å². The van der Waals surface area contributed by atoms with Gasteiger partial charge in [-0.2, -0.15) is 0 Å². The summed E-state index contributed by atoms with van der Waals surface area (Å²) in [6.07, 6.45) is 1.52. The van der Waals surface area contributed by atoms with Crippen LogP contribution >= 0.6 is 15.9 Å². The van der Waals surface area contributed by atoms with Crippen LogP contribution in [-0.4, -0.2) is 10.6 Å². The van der Waals surface area contributed by atoms with E-state index < -0.39 is 0 Å². The van der Waals surface area contributed by atoms with Gasteiger partial charge in [-0.25, -0.2) is 0 Å². The van der Waals surface area contributed by atoms with Crippen LogP contribution in [0.4, 0.5) is 0 Å². The largest absolute Gasteiger partial charge is 0.300 e. The van der Waals surface area contributed by atoms with Gasteiger partial charge in [-0.15, -0.1) is 0 Å². The van der Waals surface area contributed by atoms with E-state index in [1.54, 1.807) is 6.92 Å². The molecular weight excluding hydrogens is 228 g/mol. The first-order chi connectivity index (χ1) is 6.18. The number of benzene rings is 1. The molecule has 0 spiro atoms. The Balaban J connectivity index is 2.45. The summed E-state index contributed by atoms with van der Waals surface area (Å²) in [5, 5.41) is 0. The molecule has 0 aliphatic carbocycles. The van der Waals surface area contributed by atoms with Crippen LogP contribution in [0.25, 0.3) is 0 Å². The molecular formula is C11H13BrO. The molecule has 0 aliphatic rings. The fourth-order valence-corrected chi connectivity index (χ4v) is 2.08. The van der Waals surface area contributed by atoms with E-state index in [-0.39, 0.29) is 10.6 Å².